The van der Waals surface area contributed by atoms with Crippen LogP contribution in [0.4, 0.5) is 16.2 Å². The monoisotopic (exact) mass is 724 g/mol. The van der Waals surface area contributed by atoms with Crippen LogP contribution in [0.25, 0.3) is 27.7 Å². The number of rotatable bonds is 5. The molecule has 4 heterocycles. The number of nitrogens with two attached hydrogens (primary N) is 2. The van der Waals surface area contributed by atoms with Gasteiger partial charge in [-0.1, -0.05) is 52.7 Å². The van der Waals surface area contributed by atoms with E-state index in [9.17, 15) is 14.4 Å². The molecule has 7 rings (SSSR count). The van der Waals surface area contributed by atoms with Crippen molar-refractivity contribution in [2.75, 3.05) is 23.3 Å². The number of nitrogens with one attached hydrogen (secondary N) is 1. The Hall–Kier alpha value is -4.81. The number of carbonyl (C=O) groups is 3. The number of primary amides is 2. The first-order chi connectivity index (χ1) is 23.5. The van der Waals surface area contributed by atoms with Crippen molar-refractivity contribution >= 4 is 61.7 Å². The van der Waals surface area contributed by atoms with Gasteiger partial charge in [-0.25, -0.2) is 4.79 Å². The third-order valence-corrected chi connectivity index (χ3v) is 9.85. The van der Waals surface area contributed by atoms with E-state index in [2.05, 4.69) is 78.8 Å². The van der Waals surface area contributed by atoms with Gasteiger partial charge in [-0.15, -0.1) is 10.2 Å². The molecule has 0 radical (unpaired) electrons. The molecular weight excluding hydrogens is 684 g/mol. The molecule has 49 heavy (non-hydrogen) atoms. The first-order valence-corrected chi connectivity index (χ1v) is 17.3. The van der Waals surface area contributed by atoms with Crippen molar-refractivity contribution in [3.05, 3.63) is 88.2 Å². The van der Waals surface area contributed by atoms with Gasteiger partial charge in [0, 0.05) is 35.1 Å². The van der Waals surface area contributed by atoms with Crippen molar-refractivity contribution in [2.24, 2.45) is 11.5 Å². The zero-order valence-electron chi connectivity index (χ0n) is 27.9. The summed E-state index contributed by atoms with van der Waals surface area (Å²) in [5, 5.41) is 12.0. The van der Waals surface area contributed by atoms with Crippen molar-refractivity contribution in [2.45, 2.75) is 65.0 Å². The molecule has 254 valence electrons. The fraction of sp³-hybridized carbons (Fsp3) is 0.324. The molecule has 2 unspecified atom stereocenters. The summed E-state index contributed by atoms with van der Waals surface area (Å²) in [4.78, 5) is 39.0. The third kappa shape index (κ3) is 7.30. The lowest BCUT2D eigenvalue weighted by Crippen LogP contribution is -2.44. The molecule has 4 amide bonds. The van der Waals surface area contributed by atoms with Gasteiger partial charge in [0.15, 0.2) is 5.65 Å². The second kappa shape index (κ2) is 14.4. The van der Waals surface area contributed by atoms with Gasteiger partial charge in [0.05, 0.1) is 17.1 Å². The summed E-state index contributed by atoms with van der Waals surface area (Å²) in [5.74, 6) is 0.0597. The van der Waals surface area contributed by atoms with E-state index < -0.39 is 6.03 Å². The second-order valence-corrected chi connectivity index (χ2v) is 13.8. The number of fused-ring (bicyclic) bond motifs is 4. The van der Waals surface area contributed by atoms with Crippen LogP contribution in [0.3, 0.4) is 0 Å². The maximum Gasteiger partial charge on any atom is 0.316 e. The maximum absolute atomic E-state index is 11.7. The summed E-state index contributed by atoms with van der Waals surface area (Å²) >= 11 is 3.38. The topological polar surface area (TPSA) is 152 Å². The molecule has 11 nitrogen and oxygen atoms in total. The zero-order chi connectivity index (χ0) is 34.8. The van der Waals surface area contributed by atoms with E-state index in [-0.39, 0.29) is 23.8 Å². The summed E-state index contributed by atoms with van der Waals surface area (Å²) in [6.45, 7) is 8.78. The Kier molecular flexibility index (Phi) is 9.98. The van der Waals surface area contributed by atoms with E-state index in [0.717, 1.165) is 50.1 Å². The molecule has 0 bridgehead atoms. The minimum Gasteiger partial charge on any atom is -0.369 e. The average Bonchev–Trinajstić information content (AvgIpc) is 3.47. The highest BCUT2D eigenvalue weighted by Crippen LogP contribution is 2.40. The summed E-state index contributed by atoms with van der Waals surface area (Å²) in [5.41, 5.74) is 18.2. The fourth-order valence-corrected chi connectivity index (χ4v) is 7.46. The van der Waals surface area contributed by atoms with Gasteiger partial charge in [0.2, 0.25) is 11.8 Å². The number of likely N-dealkylation sites (tertiary alicyclic amines) is 1. The van der Waals surface area contributed by atoms with Gasteiger partial charge in [0.1, 0.15) is 5.82 Å². The Morgan fingerprint density at radius 3 is 2.31 bits per heavy atom. The summed E-state index contributed by atoms with van der Waals surface area (Å²) < 4.78 is 2.82. The van der Waals surface area contributed by atoms with Crippen molar-refractivity contribution in [1.29, 1.82) is 0 Å². The molecule has 12 heteroatoms. The predicted molar refractivity (Wildman–Crippen MR) is 196 cm³/mol. The first-order valence-electron chi connectivity index (χ1n) is 16.6. The summed E-state index contributed by atoms with van der Waals surface area (Å²) in [6, 6.07) is 22.0. The van der Waals surface area contributed by atoms with Crippen molar-refractivity contribution in [3.8, 4) is 11.1 Å². The zero-order valence-corrected chi connectivity index (χ0v) is 29.5. The number of halogens is 1. The number of hydrogen-bond acceptors (Lipinski definition) is 6. The fourth-order valence-electron chi connectivity index (χ4n) is 7.09. The van der Waals surface area contributed by atoms with Gasteiger partial charge in [0.25, 0.3) is 0 Å². The van der Waals surface area contributed by atoms with Crippen LogP contribution in [0.2, 0.25) is 0 Å². The van der Waals surface area contributed by atoms with Crippen LogP contribution < -0.4 is 21.7 Å². The Bertz CT molecular complexity index is 2040. The van der Waals surface area contributed by atoms with E-state index in [1.54, 1.807) is 4.90 Å². The maximum atomic E-state index is 11.7. The quantitative estimate of drug-likeness (QED) is 0.188. The first kappa shape index (κ1) is 34.1. The molecule has 5 N–H and O–H groups in total. The molecule has 1 fully saturated rings. The molecule has 3 aromatic carbocycles. The van der Waals surface area contributed by atoms with Crippen LogP contribution >= 0.6 is 15.9 Å². The largest absolute Gasteiger partial charge is 0.369 e. The molecular formula is C37H41BrN8O3. The van der Waals surface area contributed by atoms with Gasteiger partial charge in [-0.2, -0.15) is 0 Å². The Balaban J connectivity index is 0.000000197. The summed E-state index contributed by atoms with van der Waals surface area (Å²) in [6.07, 6.45) is 4.54. The highest BCUT2D eigenvalue weighted by atomic mass is 79.9. The number of anilines is 2. The number of amides is 4. The molecule has 2 atom stereocenters. The lowest BCUT2D eigenvalue weighted by molar-refractivity contribution is -0.121. The third-order valence-electron chi connectivity index (χ3n) is 9.36. The lowest BCUT2D eigenvalue weighted by atomic mass is 9.85. The van der Waals surface area contributed by atoms with Crippen LogP contribution in [0.1, 0.15) is 62.4 Å². The highest BCUT2D eigenvalue weighted by Gasteiger charge is 2.35. The number of benzene rings is 3. The SMILES string of the molecule is CC(=O)N1c2ccc(Br)cc2C(C(N)=O)CC1C.Cc1nnc2c(NC(N)=O)cc3cc(-c4ccc(CN5CCCCC5)cc4)ccc3n12. The molecule has 0 aliphatic carbocycles. The predicted octanol–water partition coefficient (Wildman–Crippen LogP) is 6.50. The lowest BCUT2D eigenvalue weighted by Gasteiger charge is -2.38. The van der Waals surface area contributed by atoms with Crippen molar-refractivity contribution in [3.63, 3.8) is 0 Å². The molecule has 2 aliphatic rings. The second-order valence-electron chi connectivity index (χ2n) is 12.9. The van der Waals surface area contributed by atoms with E-state index in [1.165, 1.54) is 44.8 Å². The van der Waals surface area contributed by atoms with Gasteiger partial charge >= 0.3 is 6.03 Å². The number of carbonyl (C=O) groups excluding carboxylic acids is 3. The molecule has 0 spiro atoms. The van der Waals surface area contributed by atoms with Crippen LogP contribution in [0, 0.1) is 6.92 Å². The molecule has 0 saturated carbocycles. The Morgan fingerprint density at radius 2 is 1.63 bits per heavy atom. The minimum atomic E-state index is -0.623. The van der Waals surface area contributed by atoms with E-state index in [4.69, 9.17) is 11.5 Å². The average molecular weight is 726 g/mol. The normalized spacial score (nSPS) is 17.7. The van der Waals surface area contributed by atoms with Crippen LogP contribution in [-0.2, 0) is 16.1 Å². The molecule has 2 aromatic heterocycles. The number of urea groups is 1. The van der Waals surface area contributed by atoms with E-state index in [0.29, 0.717) is 17.8 Å². The van der Waals surface area contributed by atoms with Gasteiger partial charge in [-0.3, -0.25) is 18.9 Å². The summed E-state index contributed by atoms with van der Waals surface area (Å²) in [7, 11) is 0. The van der Waals surface area contributed by atoms with Crippen molar-refractivity contribution < 1.29 is 14.4 Å². The molecule has 1 saturated heterocycles. The van der Waals surface area contributed by atoms with E-state index in [1.807, 2.05) is 42.5 Å². The van der Waals surface area contributed by atoms with Gasteiger partial charge in [-0.05, 0) is 105 Å². The van der Waals surface area contributed by atoms with Crippen LogP contribution in [-0.4, -0.2) is 56.5 Å². The number of aromatic nitrogens is 3. The van der Waals surface area contributed by atoms with Crippen LogP contribution in [0.5, 0.6) is 0 Å². The number of nitrogens with zero attached hydrogens (tertiary/aromatic N) is 5. The number of piperidine rings is 1. The van der Waals surface area contributed by atoms with Crippen LogP contribution in [0.15, 0.2) is 71.2 Å². The standard InChI is InChI=1S/C24H26N6O.C13H15BrN2O2/c1-16-27-28-23-21(26-24(25)31)14-20-13-19(9-10-22(20)30(16)23)18-7-5-17(6-8-18)15-29-11-3-2-4-12-29;1-7-5-11(13(15)18)10-6-9(14)3-4-12(10)16(7)8(2)17/h5-10,13-14H,2-4,11-12,15H2,1H3,(H3,25,26,31);3-4,6-7,11H,5H2,1-2H3,(H2,15,18). The number of aryl methyl sites for hydroxylation is 1. The Morgan fingerprint density at radius 1 is 0.918 bits per heavy atom. The number of hydrogen-bond donors (Lipinski definition) is 3. The molecule has 2 aliphatic heterocycles. The molecule has 5 aromatic rings. The smallest absolute Gasteiger partial charge is 0.316 e. The van der Waals surface area contributed by atoms with Crippen molar-refractivity contribution in [1.82, 2.24) is 19.5 Å². The minimum absolute atomic E-state index is 0.0195. The van der Waals surface area contributed by atoms with E-state index >= 15 is 0 Å². The highest BCUT2D eigenvalue weighted by molar-refractivity contribution is 9.10. The van der Waals surface area contributed by atoms with Gasteiger partial charge < -0.3 is 21.7 Å². The Labute approximate surface area is 293 Å². The number of pyridine rings is 1.